The van der Waals surface area contributed by atoms with Gasteiger partial charge in [-0.2, -0.15) is 0 Å². The molecule has 0 bridgehead atoms. The van der Waals surface area contributed by atoms with Crippen LogP contribution in [0, 0.1) is 11.6 Å². The monoisotopic (exact) mass is 480 g/mol. The first-order valence-corrected chi connectivity index (χ1v) is 10.8. The van der Waals surface area contributed by atoms with E-state index in [1.165, 1.54) is 0 Å². The van der Waals surface area contributed by atoms with E-state index in [0.29, 0.717) is 32.5 Å². The van der Waals surface area contributed by atoms with Gasteiger partial charge < -0.3 is 29.9 Å². The SMILES string of the molecule is CCOc1c(F)cc(Cc2cc([C@@H]3O[C@H](O)[C@@H](O)[C@H](O)[C@H]3O)c3ccccc3c2Cl)cc1F. The highest BCUT2D eigenvalue weighted by molar-refractivity contribution is 6.36. The molecule has 0 radical (unpaired) electrons. The molecular formula is C24H23ClF2O6. The van der Waals surface area contributed by atoms with Crippen LogP contribution < -0.4 is 4.74 Å². The lowest BCUT2D eigenvalue weighted by Gasteiger charge is -2.39. The van der Waals surface area contributed by atoms with Crippen molar-refractivity contribution in [2.24, 2.45) is 0 Å². The van der Waals surface area contributed by atoms with E-state index in [9.17, 15) is 29.2 Å². The van der Waals surface area contributed by atoms with Gasteiger partial charge in [-0.3, -0.25) is 0 Å². The summed E-state index contributed by atoms with van der Waals surface area (Å²) in [5.74, 6) is -2.13. The van der Waals surface area contributed by atoms with Crippen LogP contribution in [0.25, 0.3) is 10.8 Å². The molecular weight excluding hydrogens is 458 g/mol. The normalized spacial score (nSPS) is 25.4. The molecule has 33 heavy (non-hydrogen) atoms. The van der Waals surface area contributed by atoms with Crippen molar-refractivity contribution in [3.8, 4) is 5.75 Å². The summed E-state index contributed by atoms with van der Waals surface area (Å²) in [6, 6.07) is 10.9. The molecule has 0 saturated carbocycles. The quantitative estimate of drug-likeness (QED) is 0.447. The molecule has 0 aliphatic carbocycles. The highest BCUT2D eigenvalue weighted by atomic mass is 35.5. The summed E-state index contributed by atoms with van der Waals surface area (Å²) in [6.45, 7) is 1.74. The second-order valence-corrected chi connectivity index (χ2v) is 8.28. The number of ether oxygens (including phenoxy) is 2. The van der Waals surface area contributed by atoms with Crippen molar-refractivity contribution in [2.45, 2.75) is 44.1 Å². The number of rotatable bonds is 5. The maximum atomic E-state index is 14.4. The Morgan fingerprint density at radius 2 is 1.58 bits per heavy atom. The Labute approximate surface area is 193 Å². The second-order valence-electron chi connectivity index (χ2n) is 7.90. The number of halogens is 3. The van der Waals surface area contributed by atoms with E-state index in [-0.39, 0.29) is 13.0 Å². The van der Waals surface area contributed by atoms with Gasteiger partial charge in [0.1, 0.15) is 24.4 Å². The van der Waals surface area contributed by atoms with Crippen LogP contribution in [0.1, 0.15) is 29.7 Å². The summed E-state index contributed by atoms with van der Waals surface area (Å²) in [6.07, 6.45) is -7.72. The van der Waals surface area contributed by atoms with Crippen molar-refractivity contribution in [3.05, 3.63) is 75.8 Å². The first kappa shape index (κ1) is 23.8. The van der Waals surface area contributed by atoms with E-state index >= 15 is 0 Å². The number of hydrogen-bond acceptors (Lipinski definition) is 6. The summed E-state index contributed by atoms with van der Waals surface area (Å²) in [5.41, 5.74) is 1.19. The smallest absolute Gasteiger partial charge is 0.190 e. The van der Waals surface area contributed by atoms with Crippen molar-refractivity contribution >= 4 is 22.4 Å². The predicted octanol–water partition coefficient (Wildman–Crippen LogP) is 3.23. The van der Waals surface area contributed by atoms with Gasteiger partial charge >= 0.3 is 0 Å². The molecule has 176 valence electrons. The molecule has 0 spiro atoms. The first-order valence-electron chi connectivity index (χ1n) is 10.4. The topological polar surface area (TPSA) is 99.4 Å². The molecule has 0 aromatic heterocycles. The third-order valence-corrected chi connectivity index (χ3v) is 6.17. The summed E-state index contributed by atoms with van der Waals surface area (Å²) >= 11 is 6.63. The lowest BCUT2D eigenvalue weighted by molar-refractivity contribution is -0.284. The fraction of sp³-hybridized carbons (Fsp3) is 0.333. The summed E-state index contributed by atoms with van der Waals surface area (Å²) in [5, 5.41) is 42.0. The minimum Gasteiger partial charge on any atom is -0.488 e. The van der Waals surface area contributed by atoms with Gasteiger partial charge in [0.05, 0.1) is 11.6 Å². The van der Waals surface area contributed by atoms with Crippen LogP contribution in [0.2, 0.25) is 5.02 Å². The lowest BCUT2D eigenvalue weighted by Crippen LogP contribution is -2.54. The third-order valence-electron chi connectivity index (χ3n) is 5.72. The zero-order valence-corrected chi connectivity index (χ0v) is 18.3. The molecule has 1 fully saturated rings. The van der Waals surface area contributed by atoms with Crippen LogP contribution in [0.4, 0.5) is 8.78 Å². The molecule has 3 aromatic rings. The third kappa shape index (κ3) is 4.42. The van der Waals surface area contributed by atoms with Gasteiger partial charge in [-0.1, -0.05) is 41.9 Å². The maximum Gasteiger partial charge on any atom is 0.190 e. The molecule has 4 N–H and O–H groups in total. The molecule has 1 saturated heterocycles. The highest BCUT2D eigenvalue weighted by Gasteiger charge is 2.44. The average Bonchev–Trinajstić information content (AvgIpc) is 2.79. The standard InChI is InChI=1S/C24H23ClF2O6/c1-2-32-23-16(26)8-11(9-17(23)27)7-12-10-15(13-5-3-4-6-14(13)18(12)25)22-20(29)19(28)21(30)24(31)33-22/h3-6,8-10,19-22,24,28-31H,2,7H2,1H3/t19-,20-,21+,22+,24+/m1/s1. The van der Waals surface area contributed by atoms with E-state index in [0.717, 1.165) is 12.1 Å². The van der Waals surface area contributed by atoms with Crippen LogP contribution in [-0.2, 0) is 11.2 Å². The Bertz CT molecular complexity index is 1150. The molecule has 0 unspecified atom stereocenters. The Morgan fingerprint density at radius 1 is 0.939 bits per heavy atom. The van der Waals surface area contributed by atoms with E-state index in [1.54, 1.807) is 37.3 Å². The molecule has 1 aliphatic rings. The molecule has 1 aliphatic heterocycles. The molecule has 4 rings (SSSR count). The average molecular weight is 481 g/mol. The summed E-state index contributed by atoms with van der Waals surface area (Å²) in [4.78, 5) is 0. The second kappa shape index (κ2) is 9.50. The van der Waals surface area contributed by atoms with Gasteiger partial charge in [0.25, 0.3) is 0 Å². The predicted molar refractivity (Wildman–Crippen MR) is 117 cm³/mol. The molecule has 1 heterocycles. The number of aliphatic hydroxyl groups excluding tert-OH is 4. The van der Waals surface area contributed by atoms with Gasteiger partial charge in [-0.15, -0.1) is 0 Å². The number of benzene rings is 3. The Hall–Kier alpha value is -2.33. The van der Waals surface area contributed by atoms with Crippen molar-refractivity contribution in [1.29, 1.82) is 0 Å². The van der Waals surface area contributed by atoms with Gasteiger partial charge in [-0.05, 0) is 47.6 Å². The van der Waals surface area contributed by atoms with Crippen LogP contribution >= 0.6 is 11.6 Å². The zero-order chi connectivity index (χ0) is 23.9. The summed E-state index contributed by atoms with van der Waals surface area (Å²) in [7, 11) is 0. The molecule has 0 amide bonds. The highest BCUT2D eigenvalue weighted by Crippen LogP contribution is 2.40. The van der Waals surface area contributed by atoms with Crippen LogP contribution in [-0.4, -0.2) is 51.6 Å². The van der Waals surface area contributed by atoms with Gasteiger partial charge in [0.2, 0.25) is 0 Å². The van der Waals surface area contributed by atoms with E-state index in [1.807, 2.05) is 0 Å². The molecule has 5 atom stereocenters. The largest absolute Gasteiger partial charge is 0.488 e. The Balaban J connectivity index is 1.80. The van der Waals surface area contributed by atoms with Gasteiger partial charge in [-0.25, -0.2) is 8.78 Å². The molecule has 3 aromatic carbocycles. The fourth-order valence-corrected chi connectivity index (χ4v) is 4.41. The first-order chi connectivity index (χ1) is 15.7. The minimum absolute atomic E-state index is 0.0491. The fourth-order valence-electron chi connectivity index (χ4n) is 4.13. The van der Waals surface area contributed by atoms with E-state index in [4.69, 9.17) is 21.1 Å². The zero-order valence-electron chi connectivity index (χ0n) is 17.6. The number of fused-ring (bicyclic) bond motifs is 1. The maximum absolute atomic E-state index is 14.4. The lowest BCUT2D eigenvalue weighted by atomic mass is 9.88. The van der Waals surface area contributed by atoms with Gasteiger partial charge in [0, 0.05) is 5.39 Å². The summed E-state index contributed by atoms with van der Waals surface area (Å²) < 4.78 is 39.2. The van der Waals surface area contributed by atoms with Crippen molar-refractivity contribution < 1.29 is 38.7 Å². The van der Waals surface area contributed by atoms with Gasteiger partial charge in [0.15, 0.2) is 23.7 Å². The molecule has 9 heteroatoms. The van der Waals surface area contributed by atoms with Crippen LogP contribution in [0.3, 0.4) is 0 Å². The van der Waals surface area contributed by atoms with E-state index < -0.39 is 48.1 Å². The van der Waals surface area contributed by atoms with Crippen LogP contribution in [0.15, 0.2) is 42.5 Å². The van der Waals surface area contributed by atoms with Crippen molar-refractivity contribution in [1.82, 2.24) is 0 Å². The van der Waals surface area contributed by atoms with E-state index in [2.05, 4.69) is 0 Å². The molecule has 6 nitrogen and oxygen atoms in total. The van der Waals surface area contributed by atoms with Crippen molar-refractivity contribution in [2.75, 3.05) is 6.61 Å². The number of aliphatic hydroxyl groups is 4. The minimum atomic E-state index is -1.72. The number of hydrogen-bond donors (Lipinski definition) is 4. The Kier molecular flexibility index (Phi) is 6.86. The van der Waals surface area contributed by atoms with Crippen LogP contribution in [0.5, 0.6) is 5.75 Å². The Morgan fingerprint density at radius 3 is 2.21 bits per heavy atom. The van der Waals surface area contributed by atoms with Crippen molar-refractivity contribution in [3.63, 3.8) is 0 Å².